The zero-order valence-corrected chi connectivity index (χ0v) is 22.9. The van der Waals surface area contributed by atoms with Crippen LogP contribution >= 0.6 is 11.6 Å². The Kier molecular flexibility index (Phi) is 10.2. The van der Waals surface area contributed by atoms with Gasteiger partial charge in [-0.1, -0.05) is 63.6 Å². The van der Waals surface area contributed by atoms with Gasteiger partial charge in [-0.05, 0) is 54.2 Å². The molecule has 7 nitrogen and oxygen atoms in total. The normalized spacial score (nSPS) is 12.5. The first-order chi connectivity index (χ1) is 16.3. The third-order valence-electron chi connectivity index (χ3n) is 5.64. The van der Waals surface area contributed by atoms with Gasteiger partial charge in [0.15, 0.2) is 0 Å². The number of carbonyl (C=O) groups is 2. The van der Waals surface area contributed by atoms with Gasteiger partial charge >= 0.3 is 0 Å². The van der Waals surface area contributed by atoms with Crippen LogP contribution in [0.5, 0.6) is 0 Å². The minimum Gasteiger partial charge on any atom is -0.354 e. The molecule has 9 heteroatoms. The van der Waals surface area contributed by atoms with E-state index < -0.39 is 28.5 Å². The summed E-state index contributed by atoms with van der Waals surface area (Å²) in [5.41, 5.74) is 2.24. The van der Waals surface area contributed by atoms with Crippen molar-refractivity contribution in [3.63, 3.8) is 0 Å². The lowest BCUT2D eigenvalue weighted by Crippen LogP contribution is -2.51. The molecule has 0 spiro atoms. The van der Waals surface area contributed by atoms with Crippen LogP contribution in [0.1, 0.15) is 51.7 Å². The predicted molar refractivity (Wildman–Crippen MR) is 142 cm³/mol. The highest BCUT2D eigenvalue weighted by Crippen LogP contribution is 2.23. The van der Waals surface area contributed by atoms with Crippen molar-refractivity contribution in [3.05, 3.63) is 64.7 Å². The highest BCUT2D eigenvalue weighted by molar-refractivity contribution is 7.92. The molecule has 0 saturated carbocycles. The van der Waals surface area contributed by atoms with Gasteiger partial charge in [-0.25, -0.2) is 8.42 Å². The second-order valence-corrected chi connectivity index (χ2v) is 11.8. The van der Waals surface area contributed by atoms with Crippen molar-refractivity contribution in [1.82, 2.24) is 10.2 Å². The maximum atomic E-state index is 13.5. The van der Waals surface area contributed by atoms with Crippen molar-refractivity contribution in [3.8, 4) is 0 Å². The second-order valence-electron chi connectivity index (χ2n) is 9.48. The Bertz CT molecular complexity index is 1100. The zero-order chi connectivity index (χ0) is 26.3. The number of benzene rings is 2. The Morgan fingerprint density at radius 1 is 0.943 bits per heavy atom. The van der Waals surface area contributed by atoms with E-state index in [1.807, 2.05) is 39.8 Å². The summed E-state index contributed by atoms with van der Waals surface area (Å²) in [4.78, 5) is 27.8. The summed E-state index contributed by atoms with van der Waals surface area (Å²) in [6.07, 6.45) is 1.07. The SMILES string of the molecule is CC(C)CNC(=O)C(C)N(Cc1ccc(Cl)cc1)C(=O)CN(c1ccc(C(C)C)cc1)S(C)(=O)=O. The van der Waals surface area contributed by atoms with Crippen molar-refractivity contribution in [1.29, 1.82) is 0 Å². The topological polar surface area (TPSA) is 86.8 Å². The van der Waals surface area contributed by atoms with Crippen LogP contribution in [0.4, 0.5) is 5.69 Å². The molecule has 0 fully saturated rings. The van der Waals surface area contributed by atoms with Crippen LogP contribution in [0, 0.1) is 5.92 Å². The number of anilines is 1. The van der Waals surface area contributed by atoms with Crippen LogP contribution in [0.15, 0.2) is 48.5 Å². The van der Waals surface area contributed by atoms with Crippen LogP contribution in [-0.4, -0.2) is 50.5 Å². The summed E-state index contributed by atoms with van der Waals surface area (Å²) < 4.78 is 26.4. The summed E-state index contributed by atoms with van der Waals surface area (Å²) in [6, 6.07) is 13.3. The van der Waals surface area contributed by atoms with Crippen molar-refractivity contribution < 1.29 is 18.0 Å². The number of rotatable bonds is 11. The van der Waals surface area contributed by atoms with Gasteiger partial charge in [-0.15, -0.1) is 0 Å². The summed E-state index contributed by atoms with van der Waals surface area (Å²) in [5, 5.41) is 3.42. The fourth-order valence-electron chi connectivity index (χ4n) is 3.46. The molecule has 0 aromatic heterocycles. The van der Waals surface area contributed by atoms with E-state index in [0.717, 1.165) is 21.7 Å². The number of sulfonamides is 1. The Hall–Kier alpha value is -2.58. The third-order valence-corrected chi connectivity index (χ3v) is 7.04. The molecule has 35 heavy (non-hydrogen) atoms. The van der Waals surface area contributed by atoms with Crippen molar-refractivity contribution in [2.75, 3.05) is 23.7 Å². The van der Waals surface area contributed by atoms with Crippen LogP contribution in [0.2, 0.25) is 5.02 Å². The average Bonchev–Trinajstić information content (AvgIpc) is 2.79. The molecule has 0 heterocycles. The number of hydrogen-bond donors (Lipinski definition) is 1. The van der Waals surface area contributed by atoms with Crippen LogP contribution in [0.25, 0.3) is 0 Å². The van der Waals surface area contributed by atoms with Gasteiger partial charge in [-0.2, -0.15) is 0 Å². The van der Waals surface area contributed by atoms with Crippen LogP contribution in [0.3, 0.4) is 0 Å². The lowest BCUT2D eigenvalue weighted by Gasteiger charge is -2.31. The Labute approximate surface area is 214 Å². The molecule has 1 unspecified atom stereocenters. The number of nitrogens with zero attached hydrogens (tertiary/aromatic N) is 2. The maximum absolute atomic E-state index is 13.5. The molecule has 192 valence electrons. The van der Waals surface area contributed by atoms with Crippen molar-refractivity contribution in [2.45, 2.75) is 53.1 Å². The molecule has 0 aliphatic carbocycles. The van der Waals surface area contributed by atoms with E-state index in [2.05, 4.69) is 5.32 Å². The average molecular weight is 522 g/mol. The summed E-state index contributed by atoms with van der Waals surface area (Å²) in [7, 11) is -3.76. The lowest BCUT2D eigenvalue weighted by molar-refractivity contribution is -0.139. The van der Waals surface area contributed by atoms with E-state index in [9.17, 15) is 18.0 Å². The minimum absolute atomic E-state index is 0.135. The van der Waals surface area contributed by atoms with Gasteiger partial charge in [0.25, 0.3) is 0 Å². The number of halogens is 1. The molecule has 0 saturated heterocycles. The van der Waals surface area contributed by atoms with Gasteiger partial charge in [0.1, 0.15) is 12.6 Å². The quantitative estimate of drug-likeness (QED) is 0.474. The first kappa shape index (κ1) is 28.7. The van der Waals surface area contributed by atoms with Gasteiger partial charge in [0, 0.05) is 18.1 Å². The minimum atomic E-state index is -3.76. The summed E-state index contributed by atoms with van der Waals surface area (Å²) >= 11 is 5.99. The van der Waals surface area contributed by atoms with E-state index in [0.29, 0.717) is 17.3 Å². The first-order valence-electron chi connectivity index (χ1n) is 11.7. The zero-order valence-electron chi connectivity index (χ0n) is 21.3. The van der Waals surface area contributed by atoms with E-state index in [1.54, 1.807) is 43.3 Å². The Morgan fingerprint density at radius 3 is 2.00 bits per heavy atom. The van der Waals surface area contributed by atoms with E-state index >= 15 is 0 Å². The third kappa shape index (κ3) is 8.54. The van der Waals surface area contributed by atoms with Crippen LogP contribution in [-0.2, 0) is 26.2 Å². The smallest absolute Gasteiger partial charge is 0.244 e. The summed E-state index contributed by atoms with van der Waals surface area (Å²) in [6.45, 7) is 9.90. The molecule has 0 bridgehead atoms. The molecule has 2 rings (SSSR count). The molecule has 2 amide bonds. The largest absolute Gasteiger partial charge is 0.354 e. The fourth-order valence-corrected chi connectivity index (χ4v) is 4.44. The molecule has 0 radical (unpaired) electrons. The number of hydrogen-bond acceptors (Lipinski definition) is 4. The molecular formula is C26H36ClN3O4S. The Morgan fingerprint density at radius 2 is 1.51 bits per heavy atom. The van der Waals surface area contributed by atoms with E-state index in [4.69, 9.17) is 11.6 Å². The first-order valence-corrected chi connectivity index (χ1v) is 13.9. The molecule has 2 aromatic carbocycles. The molecule has 2 aromatic rings. The maximum Gasteiger partial charge on any atom is 0.244 e. The monoisotopic (exact) mass is 521 g/mol. The molecule has 1 atom stereocenters. The Balaban J connectivity index is 2.35. The van der Waals surface area contributed by atoms with E-state index in [1.165, 1.54) is 4.90 Å². The van der Waals surface area contributed by atoms with Gasteiger partial charge in [0.05, 0.1) is 11.9 Å². The number of nitrogens with one attached hydrogen (secondary N) is 1. The number of amides is 2. The molecule has 0 aliphatic heterocycles. The van der Waals surface area contributed by atoms with Gasteiger partial charge in [-0.3, -0.25) is 13.9 Å². The number of carbonyl (C=O) groups excluding carboxylic acids is 2. The second kappa shape index (κ2) is 12.4. The lowest BCUT2D eigenvalue weighted by atomic mass is 10.0. The molecule has 1 N–H and O–H groups in total. The van der Waals surface area contributed by atoms with Crippen LogP contribution < -0.4 is 9.62 Å². The standard InChI is InChI=1S/C26H36ClN3O4S/c1-18(2)15-28-26(32)20(5)29(16-21-7-11-23(27)12-8-21)25(31)17-30(35(6,33)34)24-13-9-22(10-14-24)19(3)4/h7-14,18-20H,15-17H2,1-6H3,(H,28,32). The predicted octanol–water partition coefficient (Wildman–Crippen LogP) is 4.42. The fraction of sp³-hybridized carbons (Fsp3) is 0.462. The summed E-state index contributed by atoms with van der Waals surface area (Å²) in [5.74, 6) is -0.239. The van der Waals surface area contributed by atoms with Crippen molar-refractivity contribution in [2.24, 2.45) is 5.92 Å². The molecular weight excluding hydrogens is 486 g/mol. The van der Waals surface area contributed by atoms with E-state index in [-0.39, 0.29) is 24.3 Å². The van der Waals surface area contributed by atoms with Gasteiger partial charge in [0.2, 0.25) is 21.8 Å². The molecule has 0 aliphatic rings. The van der Waals surface area contributed by atoms with Gasteiger partial charge < -0.3 is 10.2 Å². The van der Waals surface area contributed by atoms with Crippen molar-refractivity contribution >= 4 is 39.1 Å². The highest BCUT2D eigenvalue weighted by Gasteiger charge is 2.30. The highest BCUT2D eigenvalue weighted by atomic mass is 35.5.